The maximum atomic E-state index is 13.0. The molecule has 0 atom stereocenters. The molecule has 4 rings (SSSR count). The van der Waals surface area contributed by atoms with E-state index in [2.05, 4.69) is 25.0 Å². The average Bonchev–Trinajstić information content (AvgIpc) is 3.29. The van der Waals surface area contributed by atoms with E-state index >= 15 is 0 Å². The number of benzene rings is 2. The number of anilines is 1. The summed E-state index contributed by atoms with van der Waals surface area (Å²) in [5.74, 6) is 1.33. The smallest absolute Gasteiger partial charge is 0.251 e. The van der Waals surface area contributed by atoms with E-state index in [0.717, 1.165) is 11.1 Å². The Morgan fingerprint density at radius 1 is 1.19 bits per heavy atom. The first-order chi connectivity index (χ1) is 12.7. The number of aromatic amines is 1. The summed E-state index contributed by atoms with van der Waals surface area (Å²) in [6.07, 6.45) is 0.403. The van der Waals surface area contributed by atoms with E-state index in [0.29, 0.717) is 41.0 Å². The van der Waals surface area contributed by atoms with Crippen molar-refractivity contribution in [1.82, 2.24) is 20.2 Å². The minimum atomic E-state index is -0.289. The summed E-state index contributed by atoms with van der Waals surface area (Å²) in [5, 5.41) is 8.15. The molecule has 0 unspecified atom stereocenters. The molecule has 2 aromatic carbocycles. The highest BCUT2D eigenvalue weighted by molar-refractivity contribution is 6.23. The Kier molecular flexibility index (Phi) is 4.18. The quantitative estimate of drug-likeness (QED) is 0.515. The van der Waals surface area contributed by atoms with Gasteiger partial charge in [-0.3, -0.25) is 4.84 Å². The Balaban J connectivity index is 1.69. The molecule has 0 saturated heterocycles. The van der Waals surface area contributed by atoms with Crippen LogP contribution >= 0.6 is 11.8 Å². The molecule has 0 saturated carbocycles. The number of methoxy groups -OCH3 is 1. The maximum Gasteiger partial charge on any atom is 0.251 e. The minimum absolute atomic E-state index is 0.289. The second-order valence-corrected chi connectivity index (χ2v) is 5.72. The lowest BCUT2D eigenvalue weighted by Gasteiger charge is -2.05. The summed E-state index contributed by atoms with van der Waals surface area (Å²) in [5.41, 5.74) is 2.82. The van der Waals surface area contributed by atoms with Crippen LogP contribution in [0, 0.1) is 5.82 Å². The Hall–Kier alpha value is -3.13. The number of hydrogen-bond acceptors (Lipinski definition) is 6. The fourth-order valence-electron chi connectivity index (χ4n) is 2.68. The van der Waals surface area contributed by atoms with Gasteiger partial charge < -0.3 is 14.1 Å². The molecule has 132 valence electrons. The van der Waals surface area contributed by atoms with Gasteiger partial charge in [-0.25, -0.2) is 9.37 Å². The van der Waals surface area contributed by atoms with E-state index in [4.69, 9.17) is 20.9 Å². The van der Waals surface area contributed by atoms with Crippen LogP contribution in [0.3, 0.4) is 0 Å². The second kappa shape index (κ2) is 6.64. The number of hydrogen-bond donors (Lipinski definition) is 2. The van der Waals surface area contributed by atoms with E-state index in [-0.39, 0.29) is 5.82 Å². The molecule has 0 bridgehead atoms. The van der Waals surface area contributed by atoms with Gasteiger partial charge >= 0.3 is 0 Å². The molecule has 0 aliphatic carbocycles. The zero-order valence-corrected chi connectivity index (χ0v) is 14.3. The second-order valence-electron chi connectivity index (χ2n) is 5.53. The van der Waals surface area contributed by atoms with Crippen molar-refractivity contribution in [3.63, 3.8) is 0 Å². The number of nitrogens with one attached hydrogen (secondary N) is 2. The molecule has 0 aliphatic heterocycles. The van der Waals surface area contributed by atoms with E-state index in [1.165, 1.54) is 19.2 Å². The molecule has 2 heterocycles. The maximum absolute atomic E-state index is 13.0. The Morgan fingerprint density at radius 2 is 2.00 bits per heavy atom. The van der Waals surface area contributed by atoms with Gasteiger partial charge in [-0.15, -0.1) is 10.2 Å². The van der Waals surface area contributed by atoms with Gasteiger partial charge in [-0.2, -0.15) is 0 Å². The molecule has 0 fully saturated rings. The van der Waals surface area contributed by atoms with Crippen LogP contribution in [0.1, 0.15) is 11.5 Å². The van der Waals surface area contributed by atoms with Gasteiger partial charge in [0.1, 0.15) is 11.3 Å². The molecule has 0 amide bonds. The summed E-state index contributed by atoms with van der Waals surface area (Å²) in [6, 6.07) is 9.76. The predicted octanol–water partition coefficient (Wildman–Crippen LogP) is 3.92. The fraction of sp³-hybridized carbons (Fsp3) is 0.118. The van der Waals surface area contributed by atoms with Gasteiger partial charge in [0.25, 0.3) is 5.89 Å². The molecule has 7 nitrogen and oxygen atoms in total. The number of fused-ring (bicyclic) bond motifs is 1. The summed E-state index contributed by atoms with van der Waals surface area (Å²) < 4.78 is 24.2. The van der Waals surface area contributed by atoms with Crippen molar-refractivity contribution in [3.8, 4) is 17.2 Å². The van der Waals surface area contributed by atoms with Crippen molar-refractivity contribution in [2.45, 2.75) is 6.42 Å². The van der Waals surface area contributed by atoms with Crippen LogP contribution in [0.2, 0.25) is 0 Å². The van der Waals surface area contributed by atoms with Crippen LogP contribution in [0.5, 0.6) is 5.75 Å². The van der Waals surface area contributed by atoms with Gasteiger partial charge in [-0.1, -0.05) is 12.1 Å². The van der Waals surface area contributed by atoms with Crippen molar-refractivity contribution < 1.29 is 13.5 Å². The van der Waals surface area contributed by atoms with Crippen LogP contribution < -0.4 is 9.57 Å². The zero-order chi connectivity index (χ0) is 18.1. The number of aromatic nitrogens is 4. The molecule has 26 heavy (non-hydrogen) atoms. The average molecular weight is 374 g/mol. The van der Waals surface area contributed by atoms with Crippen LogP contribution in [-0.4, -0.2) is 27.3 Å². The topological polar surface area (TPSA) is 88.9 Å². The lowest BCUT2D eigenvalue weighted by atomic mass is 10.1. The summed E-state index contributed by atoms with van der Waals surface area (Å²) >= 11 is 5.59. The Bertz CT molecular complexity index is 1060. The normalized spacial score (nSPS) is 11.0. The summed E-state index contributed by atoms with van der Waals surface area (Å²) in [4.78, 5) is 9.77. The number of ether oxygens (including phenoxy) is 1. The number of imidazole rings is 1. The molecule has 4 aromatic rings. The molecular weight excluding hydrogens is 361 g/mol. The van der Waals surface area contributed by atoms with E-state index in [9.17, 15) is 4.39 Å². The highest BCUT2D eigenvalue weighted by Crippen LogP contribution is 2.35. The van der Waals surface area contributed by atoms with Crippen molar-refractivity contribution >= 4 is 28.8 Å². The first-order valence-electron chi connectivity index (χ1n) is 7.68. The molecule has 2 aromatic heterocycles. The summed E-state index contributed by atoms with van der Waals surface area (Å²) in [6.45, 7) is 0. The van der Waals surface area contributed by atoms with Crippen LogP contribution in [0.25, 0.3) is 22.5 Å². The lowest BCUT2D eigenvalue weighted by Crippen LogP contribution is -1.90. The van der Waals surface area contributed by atoms with Gasteiger partial charge in [0, 0.05) is 11.8 Å². The van der Waals surface area contributed by atoms with Gasteiger partial charge in [0.15, 0.2) is 5.75 Å². The van der Waals surface area contributed by atoms with Crippen molar-refractivity contribution in [3.05, 3.63) is 53.7 Å². The Morgan fingerprint density at radius 3 is 2.73 bits per heavy atom. The third-order valence-corrected chi connectivity index (χ3v) is 4.05. The molecule has 0 radical (unpaired) electrons. The van der Waals surface area contributed by atoms with Crippen molar-refractivity contribution in [1.29, 1.82) is 0 Å². The van der Waals surface area contributed by atoms with E-state index in [1.54, 1.807) is 18.2 Å². The molecule has 2 N–H and O–H groups in total. The van der Waals surface area contributed by atoms with E-state index in [1.807, 2.05) is 6.07 Å². The predicted molar refractivity (Wildman–Crippen MR) is 94.6 cm³/mol. The molecule has 9 heteroatoms. The van der Waals surface area contributed by atoms with Gasteiger partial charge in [0.05, 0.1) is 24.6 Å². The minimum Gasteiger partial charge on any atom is -0.494 e. The highest BCUT2D eigenvalue weighted by atomic mass is 35.5. The van der Waals surface area contributed by atoms with Crippen molar-refractivity contribution in [2.75, 3.05) is 11.9 Å². The largest absolute Gasteiger partial charge is 0.494 e. The third kappa shape index (κ3) is 2.95. The Labute approximate surface area is 152 Å². The van der Waals surface area contributed by atoms with E-state index < -0.39 is 0 Å². The SMILES string of the molecule is COc1c(-c2nnc(Cc3ccc(F)cc3)o2)ccc2[nH]c(NCl)nc12. The first kappa shape index (κ1) is 16.3. The van der Waals surface area contributed by atoms with Crippen LogP contribution in [0.15, 0.2) is 40.8 Å². The first-order valence-corrected chi connectivity index (χ1v) is 8.06. The number of rotatable bonds is 5. The molecule has 0 aliphatic rings. The fourth-order valence-corrected chi connectivity index (χ4v) is 2.77. The van der Waals surface area contributed by atoms with Crippen LogP contribution in [-0.2, 0) is 6.42 Å². The zero-order valence-electron chi connectivity index (χ0n) is 13.6. The highest BCUT2D eigenvalue weighted by Gasteiger charge is 2.18. The number of nitrogens with zero attached hydrogens (tertiary/aromatic N) is 3. The molecular formula is C17H13ClFN5O2. The van der Waals surface area contributed by atoms with Gasteiger partial charge in [0.2, 0.25) is 11.8 Å². The summed E-state index contributed by atoms with van der Waals surface area (Å²) in [7, 11) is 1.54. The molecule has 0 spiro atoms. The lowest BCUT2D eigenvalue weighted by molar-refractivity contribution is 0.417. The number of H-pyrrole nitrogens is 1. The third-order valence-electron chi connectivity index (χ3n) is 3.87. The monoisotopic (exact) mass is 373 g/mol. The van der Waals surface area contributed by atoms with Crippen LogP contribution in [0.4, 0.5) is 10.3 Å². The number of halogens is 2. The standard InChI is InChI=1S/C17H13ClFN5O2/c1-25-15-11(6-7-12-14(15)21-17(20-12)22-18)16-24-23-13(26-16)8-9-2-4-10(19)5-3-9/h2-7H,8H2,1H3,(H2,20,21,22). The van der Waals surface area contributed by atoms with Gasteiger partial charge in [-0.05, 0) is 29.8 Å². The van der Waals surface area contributed by atoms with Crippen molar-refractivity contribution in [2.24, 2.45) is 0 Å².